The molecule has 3 atom stereocenters. The summed E-state index contributed by atoms with van der Waals surface area (Å²) in [7, 11) is 0. The largest absolute Gasteiger partial charge is 0.459 e. The van der Waals surface area contributed by atoms with Crippen molar-refractivity contribution in [1.29, 1.82) is 0 Å². The lowest BCUT2D eigenvalue weighted by molar-refractivity contribution is -0.0509. The normalized spacial score (nSPS) is 19.7. The average molecular weight is 459 g/mol. The molecule has 1 aliphatic heterocycles. The number of imidazole rings is 1. The van der Waals surface area contributed by atoms with Crippen molar-refractivity contribution in [3.05, 3.63) is 84.4 Å². The van der Waals surface area contributed by atoms with Crippen LogP contribution in [0.15, 0.2) is 73.3 Å². The summed E-state index contributed by atoms with van der Waals surface area (Å²) in [6.45, 7) is -0.0919. The van der Waals surface area contributed by atoms with Crippen molar-refractivity contribution in [2.45, 2.75) is 24.9 Å². The molecule has 3 heterocycles. The monoisotopic (exact) mass is 459 g/mol. The Labute approximate surface area is 194 Å². The summed E-state index contributed by atoms with van der Waals surface area (Å²) in [6.07, 6.45) is 0.987. The number of esters is 1. The van der Waals surface area contributed by atoms with Crippen molar-refractivity contribution in [1.82, 2.24) is 19.5 Å². The molecule has 5 rings (SSSR count). The fraction of sp³-hybridized carbons (Fsp3) is 0.208. The lowest BCUT2D eigenvalue weighted by Gasteiger charge is -2.16. The maximum Gasteiger partial charge on any atom is 0.338 e. The third-order valence-corrected chi connectivity index (χ3v) is 5.53. The Morgan fingerprint density at radius 2 is 1.74 bits per heavy atom. The number of carbonyl (C=O) groups excluding carboxylic acids is 2. The van der Waals surface area contributed by atoms with E-state index in [1.165, 1.54) is 12.7 Å². The van der Waals surface area contributed by atoms with Gasteiger partial charge in [-0.3, -0.25) is 9.36 Å². The van der Waals surface area contributed by atoms with Crippen LogP contribution in [0.5, 0.6) is 0 Å². The lowest BCUT2D eigenvalue weighted by Crippen LogP contribution is -2.28. The van der Waals surface area contributed by atoms with E-state index in [0.29, 0.717) is 22.3 Å². The second-order valence-electron chi connectivity index (χ2n) is 7.76. The predicted octanol–water partition coefficient (Wildman–Crippen LogP) is 2.58. The van der Waals surface area contributed by atoms with Crippen LogP contribution in [0.25, 0.3) is 11.2 Å². The van der Waals surface area contributed by atoms with Crippen LogP contribution in [0.3, 0.4) is 0 Å². The molecular formula is C24H21N5O5. The average Bonchev–Trinajstić information content (AvgIpc) is 3.47. The van der Waals surface area contributed by atoms with Gasteiger partial charge in [0.05, 0.1) is 18.0 Å². The summed E-state index contributed by atoms with van der Waals surface area (Å²) in [5.41, 5.74) is 1.75. The molecule has 4 aromatic rings. The fourth-order valence-electron chi connectivity index (χ4n) is 3.77. The van der Waals surface area contributed by atoms with Gasteiger partial charge in [-0.25, -0.2) is 19.7 Å². The molecule has 1 amide bonds. The van der Waals surface area contributed by atoms with Gasteiger partial charge in [-0.05, 0) is 24.3 Å². The standard InChI is InChI=1S/C24H21N5O5/c30-17-11-19(34-18(17)12-33-24(32)16-9-5-2-6-10-16)29-14-27-20-21(25-13-26-22(20)29)28-23(31)15-7-3-1-4-8-15/h1-10,13-14,17-19,30H,11-12H2,(H,25,26,28,31)/t17-,18-,19+/m1/s1. The van der Waals surface area contributed by atoms with Gasteiger partial charge < -0.3 is 19.9 Å². The Bertz CT molecular complexity index is 1310. The molecule has 2 aromatic carbocycles. The van der Waals surface area contributed by atoms with E-state index < -0.39 is 24.4 Å². The highest BCUT2D eigenvalue weighted by Gasteiger charge is 2.37. The van der Waals surface area contributed by atoms with Crippen LogP contribution < -0.4 is 5.32 Å². The Hall–Kier alpha value is -4.15. The predicted molar refractivity (Wildman–Crippen MR) is 121 cm³/mol. The molecule has 1 aliphatic rings. The number of carbonyl (C=O) groups is 2. The first-order valence-corrected chi connectivity index (χ1v) is 10.7. The highest BCUT2D eigenvalue weighted by Crippen LogP contribution is 2.32. The SMILES string of the molecule is O=C(Nc1ncnc2c1ncn2[C@@H]1C[C@@H](O)[C@@H](COC(=O)c2ccccc2)O1)c1ccccc1. The zero-order valence-corrected chi connectivity index (χ0v) is 17.9. The second-order valence-corrected chi connectivity index (χ2v) is 7.76. The summed E-state index contributed by atoms with van der Waals surface area (Å²) in [5.74, 6) is -0.535. The summed E-state index contributed by atoms with van der Waals surface area (Å²) in [6, 6.07) is 17.4. The van der Waals surface area contributed by atoms with E-state index in [0.717, 1.165) is 0 Å². The van der Waals surface area contributed by atoms with Gasteiger partial charge in [0.25, 0.3) is 5.91 Å². The van der Waals surface area contributed by atoms with Crippen LogP contribution in [-0.2, 0) is 9.47 Å². The Morgan fingerprint density at radius 1 is 1.03 bits per heavy atom. The number of aliphatic hydroxyl groups is 1. The van der Waals surface area contributed by atoms with E-state index in [4.69, 9.17) is 9.47 Å². The number of nitrogens with one attached hydrogen (secondary N) is 1. The van der Waals surface area contributed by atoms with Crippen LogP contribution in [-0.4, -0.2) is 55.3 Å². The summed E-state index contributed by atoms with van der Waals surface area (Å²) in [4.78, 5) is 37.5. The first kappa shape index (κ1) is 21.7. The summed E-state index contributed by atoms with van der Waals surface area (Å²) < 4.78 is 12.9. The summed E-state index contributed by atoms with van der Waals surface area (Å²) in [5, 5.41) is 13.2. The van der Waals surface area contributed by atoms with Crippen LogP contribution >= 0.6 is 0 Å². The third kappa shape index (κ3) is 4.36. The van der Waals surface area contributed by atoms with Gasteiger partial charge in [0.2, 0.25) is 0 Å². The fourth-order valence-corrected chi connectivity index (χ4v) is 3.77. The van der Waals surface area contributed by atoms with Crippen molar-refractivity contribution in [2.75, 3.05) is 11.9 Å². The molecule has 0 spiro atoms. The van der Waals surface area contributed by atoms with Gasteiger partial charge >= 0.3 is 5.97 Å². The van der Waals surface area contributed by atoms with Crippen LogP contribution in [0.2, 0.25) is 0 Å². The van der Waals surface area contributed by atoms with Crippen molar-refractivity contribution in [3.63, 3.8) is 0 Å². The zero-order chi connectivity index (χ0) is 23.5. The molecule has 1 fully saturated rings. The number of hydrogen-bond acceptors (Lipinski definition) is 8. The summed E-state index contributed by atoms with van der Waals surface area (Å²) >= 11 is 0. The van der Waals surface area contributed by atoms with Gasteiger partial charge in [0, 0.05) is 12.0 Å². The number of aliphatic hydroxyl groups excluding tert-OH is 1. The van der Waals surface area contributed by atoms with Crippen molar-refractivity contribution >= 4 is 28.9 Å². The van der Waals surface area contributed by atoms with E-state index in [-0.39, 0.29) is 24.8 Å². The number of anilines is 1. The number of aromatic nitrogens is 4. The Morgan fingerprint density at radius 3 is 2.47 bits per heavy atom. The van der Waals surface area contributed by atoms with E-state index in [1.807, 2.05) is 12.1 Å². The topological polar surface area (TPSA) is 128 Å². The number of amides is 1. The molecule has 0 bridgehead atoms. The number of hydrogen-bond donors (Lipinski definition) is 2. The smallest absolute Gasteiger partial charge is 0.338 e. The zero-order valence-electron chi connectivity index (χ0n) is 17.9. The number of fused-ring (bicyclic) bond motifs is 1. The maximum absolute atomic E-state index is 12.5. The van der Waals surface area contributed by atoms with E-state index >= 15 is 0 Å². The van der Waals surface area contributed by atoms with Gasteiger partial charge in [-0.2, -0.15) is 0 Å². The molecule has 2 N–H and O–H groups in total. The second kappa shape index (κ2) is 9.38. The Balaban J connectivity index is 1.29. The van der Waals surface area contributed by atoms with Crippen molar-refractivity contribution < 1.29 is 24.2 Å². The molecule has 0 unspecified atom stereocenters. The molecule has 0 aliphatic carbocycles. The maximum atomic E-state index is 12.5. The molecule has 10 heteroatoms. The number of benzene rings is 2. The van der Waals surface area contributed by atoms with Gasteiger partial charge in [-0.1, -0.05) is 36.4 Å². The molecule has 172 valence electrons. The highest BCUT2D eigenvalue weighted by atomic mass is 16.6. The number of rotatable bonds is 6. The number of ether oxygens (including phenoxy) is 2. The molecule has 0 radical (unpaired) electrons. The van der Waals surface area contributed by atoms with Crippen LogP contribution in [0.1, 0.15) is 33.4 Å². The minimum absolute atomic E-state index is 0.0919. The minimum atomic E-state index is -0.842. The van der Waals surface area contributed by atoms with E-state index in [9.17, 15) is 14.7 Å². The van der Waals surface area contributed by atoms with Crippen LogP contribution in [0.4, 0.5) is 5.82 Å². The molecule has 10 nitrogen and oxygen atoms in total. The molecule has 0 saturated carbocycles. The molecular weight excluding hydrogens is 438 g/mol. The molecule has 1 saturated heterocycles. The van der Waals surface area contributed by atoms with E-state index in [2.05, 4.69) is 20.3 Å². The quantitative estimate of drug-likeness (QED) is 0.421. The minimum Gasteiger partial charge on any atom is -0.459 e. The first-order chi connectivity index (χ1) is 16.6. The number of nitrogens with zero attached hydrogens (tertiary/aromatic N) is 4. The Kier molecular flexibility index (Phi) is 5.98. The van der Waals surface area contributed by atoms with E-state index in [1.54, 1.807) is 53.1 Å². The lowest BCUT2D eigenvalue weighted by atomic mass is 10.2. The third-order valence-electron chi connectivity index (χ3n) is 5.53. The first-order valence-electron chi connectivity index (χ1n) is 10.7. The van der Waals surface area contributed by atoms with Gasteiger partial charge in [0.1, 0.15) is 25.3 Å². The highest BCUT2D eigenvalue weighted by molar-refractivity contribution is 6.06. The van der Waals surface area contributed by atoms with Crippen molar-refractivity contribution in [3.8, 4) is 0 Å². The van der Waals surface area contributed by atoms with Crippen LogP contribution in [0, 0.1) is 0 Å². The van der Waals surface area contributed by atoms with Gasteiger partial charge in [0.15, 0.2) is 17.0 Å². The molecule has 34 heavy (non-hydrogen) atoms. The van der Waals surface area contributed by atoms with Crippen molar-refractivity contribution in [2.24, 2.45) is 0 Å². The van der Waals surface area contributed by atoms with Gasteiger partial charge in [-0.15, -0.1) is 0 Å². The molecule has 2 aromatic heterocycles.